The van der Waals surface area contributed by atoms with Crippen molar-refractivity contribution in [3.05, 3.63) is 21.4 Å². The van der Waals surface area contributed by atoms with Crippen molar-refractivity contribution in [3.63, 3.8) is 0 Å². The van der Waals surface area contributed by atoms with Crippen LogP contribution in [0.25, 0.3) is 0 Å². The van der Waals surface area contributed by atoms with Crippen LogP contribution in [0.2, 0.25) is 0 Å². The average Bonchev–Trinajstić information content (AvgIpc) is 2.28. The highest BCUT2D eigenvalue weighted by molar-refractivity contribution is 7.12. The largest absolute Gasteiger partial charge is 0.300 e. The maximum absolute atomic E-state index is 12.0. The van der Waals surface area contributed by atoms with Gasteiger partial charge in [0.2, 0.25) is 5.78 Å². The molecule has 1 aromatic heterocycles. The van der Waals surface area contributed by atoms with E-state index >= 15 is 0 Å². The van der Waals surface area contributed by atoms with Gasteiger partial charge in [-0.1, -0.05) is 0 Å². The SMILES string of the molecule is Cc1cc(C(=O)C(F)F)c(C)s1. The normalized spacial score (nSPS) is 10.8. The molecule has 1 nitrogen and oxygen atoms in total. The van der Waals surface area contributed by atoms with E-state index in [-0.39, 0.29) is 5.56 Å². The van der Waals surface area contributed by atoms with Gasteiger partial charge in [-0.05, 0) is 19.9 Å². The summed E-state index contributed by atoms with van der Waals surface area (Å²) in [6.45, 7) is 3.47. The van der Waals surface area contributed by atoms with Crippen LogP contribution in [0, 0.1) is 13.8 Å². The number of hydrogen-bond donors (Lipinski definition) is 0. The minimum absolute atomic E-state index is 0.160. The highest BCUT2D eigenvalue weighted by Crippen LogP contribution is 2.22. The number of rotatable bonds is 2. The molecule has 0 atom stereocenters. The maximum Gasteiger partial charge on any atom is 0.300 e. The lowest BCUT2D eigenvalue weighted by Crippen LogP contribution is -2.09. The van der Waals surface area contributed by atoms with E-state index in [4.69, 9.17) is 0 Å². The molecule has 1 aromatic rings. The number of aryl methyl sites for hydroxylation is 2. The summed E-state index contributed by atoms with van der Waals surface area (Å²) in [6, 6.07) is 1.51. The van der Waals surface area contributed by atoms with Gasteiger partial charge in [0.15, 0.2) is 0 Å². The molecule has 0 aromatic carbocycles. The number of ketones is 1. The molecule has 4 heteroatoms. The second-order valence-corrected chi connectivity index (χ2v) is 3.95. The van der Waals surface area contributed by atoms with E-state index in [0.717, 1.165) is 4.88 Å². The molecular formula is C8H8F2OS. The predicted octanol–water partition coefficient (Wildman–Crippen LogP) is 2.81. The Morgan fingerprint density at radius 2 is 2.08 bits per heavy atom. The summed E-state index contributed by atoms with van der Waals surface area (Å²) >= 11 is 1.36. The Labute approximate surface area is 73.0 Å². The molecule has 66 valence electrons. The quantitative estimate of drug-likeness (QED) is 0.655. The molecule has 1 heterocycles. The third kappa shape index (κ3) is 1.69. The van der Waals surface area contributed by atoms with Crippen LogP contribution in [0.15, 0.2) is 6.07 Å². The van der Waals surface area contributed by atoms with Gasteiger partial charge in [-0.3, -0.25) is 4.79 Å². The molecule has 0 aliphatic rings. The lowest BCUT2D eigenvalue weighted by atomic mass is 10.2. The van der Waals surface area contributed by atoms with Crippen LogP contribution in [0.5, 0.6) is 0 Å². The Bertz CT molecular complexity index is 304. The third-order valence-corrected chi connectivity index (χ3v) is 2.47. The summed E-state index contributed by atoms with van der Waals surface area (Å²) < 4.78 is 23.9. The van der Waals surface area contributed by atoms with Gasteiger partial charge in [0.05, 0.1) is 0 Å². The van der Waals surface area contributed by atoms with Crippen LogP contribution in [0.1, 0.15) is 20.1 Å². The summed E-state index contributed by atoms with van der Waals surface area (Å²) in [5, 5.41) is 0. The Morgan fingerprint density at radius 1 is 1.50 bits per heavy atom. The monoisotopic (exact) mass is 190 g/mol. The van der Waals surface area contributed by atoms with E-state index in [1.165, 1.54) is 17.4 Å². The summed E-state index contributed by atoms with van der Waals surface area (Å²) in [6.07, 6.45) is -2.89. The molecule has 0 N–H and O–H groups in total. The zero-order chi connectivity index (χ0) is 9.30. The summed E-state index contributed by atoms with van der Waals surface area (Å²) in [5.41, 5.74) is 0.160. The van der Waals surface area contributed by atoms with Crippen molar-refractivity contribution < 1.29 is 13.6 Å². The van der Waals surface area contributed by atoms with Crippen molar-refractivity contribution in [1.29, 1.82) is 0 Å². The van der Waals surface area contributed by atoms with E-state index in [9.17, 15) is 13.6 Å². The Kier molecular flexibility index (Phi) is 2.57. The zero-order valence-corrected chi connectivity index (χ0v) is 7.54. The Morgan fingerprint density at radius 3 is 2.42 bits per heavy atom. The molecule has 1 rings (SSSR count). The van der Waals surface area contributed by atoms with Gasteiger partial charge in [-0.25, -0.2) is 8.78 Å². The van der Waals surface area contributed by atoms with E-state index < -0.39 is 12.2 Å². The van der Waals surface area contributed by atoms with Crippen molar-refractivity contribution in [2.75, 3.05) is 0 Å². The van der Waals surface area contributed by atoms with Gasteiger partial charge in [0.1, 0.15) is 0 Å². The zero-order valence-electron chi connectivity index (χ0n) is 6.73. The molecule has 0 saturated carbocycles. The fourth-order valence-electron chi connectivity index (χ4n) is 0.993. The maximum atomic E-state index is 12.0. The van der Waals surface area contributed by atoms with E-state index in [0.29, 0.717) is 4.88 Å². The van der Waals surface area contributed by atoms with Gasteiger partial charge >= 0.3 is 6.43 Å². The first-order valence-electron chi connectivity index (χ1n) is 3.41. The fourth-order valence-corrected chi connectivity index (χ4v) is 1.92. The van der Waals surface area contributed by atoms with Gasteiger partial charge < -0.3 is 0 Å². The van der Waals surface area contributed by atoms with Gasteiger partial charge in [0, 0.05) is 15.3 Å². The number of alkyl halides is 2. The number of hydrogen-bond acceptors (Lipinski definition) is 2. The first kappa shape index (κ1) is 9.32. The summed E-state index contributed by atoms with van der Waals surface area (Å²) in [7, 11) is 0. The van der Waals surface area contributed by atoms with Crippen LogP contribution in [-0.4, -0.2) is 12.2 Å². The standard InChI is InChI=1S/C8H8F2OS/c1-4-3-6(5(2)12-4)7(11)8(9)10/h3,8H,1-2H3. The van der Waals surface area contributed by atoms with Gasteiger partial charge in [-0.15, -0.1) is 11.3 Å². The second-order valence-electron chi connectivity index (χ2n) is 2.49. The fraction of sp³-hybridized carbons (Fsp3) is 0.375. The Balaban J connectivity index is 3.02. The van der Waals surface area contributed by atoms with Gasteiger partial charge in [-0.2, -0.15) is 0 Å². The third-order valence-electron chi connectivity index (χ3n) is 1.50. The highest BCUT2D eigenvalue weighted by Gasteiger charge is 2.20. The smallest absolute Gasteiger partial charge is 0.288 e. The van der Waals surface area contributed by atoms with Gasteiger partial charge in [0.25, 0.3) is 0 Å². The molecule has 0 unspecified atom stereocenters. The minimum Gasteiger partial charge on any atom is -0.288 e. The van der Waals surface area contributed by atoms with Crippen LogP contribution in [-0.2, 0) is 0 Å². The van der Waals surface area contributed by atoms with Crippen LogP contribution >= 0.6 is 11.3 Å². The van der Waals surface area contributed by atoms with Crippen molar-refractivity contribution in [2.24, 2.45) is 0 Å². The molecule has 0 aliphatic carbocycles. The number of carbonyl (C=O) groups is 1. The summed E-state index contributed by atoms with van der Waals surface area (Å²) in [4.78, 5) is 12.4. The molecule has 0 radical (unpaired) electrons. The van der Waals surface area contributed by atoms with E-state index in [1.54, 1.807) is 13.8 Å². The molecule has 12 heavy (non-hydrogen) atoms. The Hall–Kier alpha value is -0.770. The lowest BCUT2D eigenvalue weighted by Gasteiger charge is -1.95. The first-order chi connectivity index (χ1) is 5.52. The van der Waals surface area contributed by atoms with E-state index in [1.807, 2.05) is 0 Å². The molecule has 0 fully saturated rings. The number of halogens is 2. The van der Waals surface area contributed by atoms with Crippen molar-refractivity contribution in [1.82, 2.24) is 0 Å². The van der Waals surface area contributed by atoms with Crippen LogP contribution in [0.3, 0.4) is 0 Å². The topological polar surface area (TPSA) is 17.1 Å². The van der Waals surface area contributed by atoms with Crippen LogP contribution < -0.4 is 0 Å². The highest BCUT2D eigenvalue weighted by atomic mass is 32.1. The molecule has 0 spiro atoms. The predicted molar refractivity (Wildman–Crippen MR) is 44.1 cm³/mol. The molecule has 0 saturated heterocycles. The second kappa shape index (κ2) is 3.31. The minimum atomic E-state index is -2.89. The molecule has 0 aliphatic heterocycles. The summed E-state index contributed by atoms with van der Waals surface area (Å²) in [5.74, 6) is -1.07. The first-order valence-corrected chi connectivity index (χ1v) is 4.23. The van der Waals surface area contributed by atoms with E-state index in [2.05, 4.69) is 0 Å². The number of thiophene rings is 1. The molecular weight excluding hydrogens is 182 g/mol. The van der Waals surface area contributed by atoms with Crippen LogP contribution in [0.4, 0.5) is 8.78 Å². The average molecular weight is 190 g/mol. The molecule has 0 bridgehead atoms. The van der Waals surface area contributed by atoms with Crippen molar-refractivity contribution in [3.8, 4) is 0 Å². The number of carbonyl (C=O) groups excluding carboxylic acids is 1. The molecule has 0 amide bonds. The lowest BCUT2D eigenvalue weighted by molar-refractivity contribution is 0.0678. The number of Topliss-reactive ketones (excluding diaryl/α,β-unsaturated/α-hetero) is 1. The van der Waals surface area contributed by atoms with Crippen molar-refractivity contribution in [2.45, 2.75) is 20.3 Å². The van der Waals surface area contributed by atoms with Crippen molar-refractivity contribution >= 4 is 17.1 Å².